The first kappa shape index (κ1) is 11.1. The van der Waals surface area contributed by atoms with Gasteiger partial charge in [0.05, 0.1) is 11.9 Å². The number of hydrogen-bond donors (Lipinski definition) is 0. The van der Waals surface area contributed by atoms with Gasteiger partial charge in [0.1, 0.15) is 11.5 Å². The van der Waals surface area contributed by atoms with Crippen LogP contribution in [0.3, 0.4) is 0 Å². The van der Waals surface area contributed by atoms with Gasteiger partial charge in [0.25, 0.3) is 0 Å². The van der Waals surface area contributed by atoms with E-state index in [0.717, 1.165) is 29.7 Å². The molecule has 0 spiro atoms. The summed E-state index contributed by atoms with van der Waals surface area (Å²) in [6, 6.07) is 0. The van der Waals surface area contributed by atoms with Gasteiger partial charge in [0.2, 0.25) is 0 Å². The number of rotatable bonds is 3. The summed E-state index contributed by atoms with van der Waals surface area (Å²) in [5.41, 5.74) is 2.87. The van der Waals surface area contributed by atoms with Crippen LogP contribution in [0.2, 0.25) is 5.15 Å². The quantitative estimate of drug-likeness (QED) is 0.769. The van der Waals surface area contributed by atoms with Gasteiger partial charge in [-0.25, -0.2) is 9.97 Å². The molecule has 4 nitrogen and oxygen atoms in total. The van der Waals surface area contributed by atoms with Crippen molar-refractivity contribution >= 4 is 11.6 Å². The summed E-state index contributed by atoms with van der Waals surface area (Å²) in [6.07, 6.45) is 7.10. The van der Waals surface area contributed by atoms with Crippen molar-refractivity contribution in [3.8, 4) is 11.3 Å². The van der Waals surface area contributed by atoms with Crippen LogP contribution in [-0.2, 0) is 13.5 Å². The molecule has 0 bridgehead atoms. The Morgan fingerprint density at radius 1 is 1.38 bits per heavy atom. The van der Waals surface area contributed by atoms with Crippen LogP contribution in [0.4, 0.5) is 0 Å². The molecule has 0 aliphatic heterocycles. The third kappa shape index (κ3) is 2.07. The van der Waals surface area contributed by atoms with E-state index in [9.17, 15) is 0 Å². The maximum Gasteiger partial charge on any atom is 0.136 e. The van der Waals surface area contributed by atoms with Crippen molar-refractivity contribution < 1.29 is 0 Å². The van der Waals surface area contributed by atoms with Gasteiger partial charge >= 0.3 is 0 Å². The van der Waals surface area contributed by atoms with Crippen molar-refractivity contribution in [2.45, 2.75) is 19.8 Å². The van der Waals surface area contributed by atoms with Crippen molar-refractivity contribution in [3.63, 3.8) is 0 Å². The molecule has 0 N–H and O–H groups in total. The van der Waals surface area contributed by atoms with E-state index in [2.05, 4.69) is 22.0 Å². The first-order valence-corrected chi connectivity index (χ1v) is 5.58. The molecule has 2 aromatic rings. The zero-order valence-corrected chi connectivity index (χ0v) is 10.1. The summed E-state index contributed by atoms with van der Waals surface area (Å²) in [5.74, 6) is 0. The molecule has 0 radical (unpaired) electrons. The minimum Gasteiger partial charge on any atom is -0.275 e. The van der Waals surface area contributed by atoms with E-state index in [4.69, 9.17) is 11.6 Å². The molecule has 2 aromatic heterocycles. The largest absolute Gasteiger partial charge is 0.275 e. The predicted molar refractivity (Wildman–Crippen MR) is 63.2 cm³/mol. The van der Waals surface area contributed by atoms with Crippen molar-refractivity contribution in [2.75, 3.05) is 0 Å². The number of hydrogen-bond acceptors (Lipinski definition) is 3. The lowest BCUT2D eigenvalue weighted by Gasteiger charge is -2.06. The molecule has 0 aliphatic carbocycles. The minimum absolute atomic E-state index is 0.538. The van der Waals surface area contributed by atoms with Crippen LogP contribution in [-0.4, -0.2) is 19.7 Å². The van der Waals surface area contributed by atoms with Crippen LogP contribution >= 0.6 is 11.6 Å². The molecular formula is C11H13ClN4. The molecule has 5 heteroatoms. The highest BCUT2D eigenvalue weighted by Crippen LogP contribution is 2.26. The average Bonchev–Trinajstić information content (AvgIpc) is 2.68. The van der Waals surface area contributed by atoms with Gasteiger partial charge in [-0.1, -0.05) is 24.9 Å². The molecular weight excluding hydrogens is 224 g/mol. The highest BCUT2D eigenvalue weighted by Gasteiger charge is 2.12. The van der Waals surface area contributed by atoms with Crippen LogP contribution in [0, 0.1) is 0 Å². The van der Waals surface area contributed by atoms with E-state index in [0.29, 0.717) is 5.15 Å². The average molecular weight is 237 g/mol. The summed E-state index contributed by atoms with van der Waals surface area (Å²) in [5, 5.41) is 4.67. The van der Waals surface area contributed by atoms with Crippen molar-refractivity contribution in [2.24, 2.45) is 7.05 Å². The molecule has 0 aliphatic rings. The fourth-order valence-corrected chi connectivity index (χ4v) is 1.88. The van der Waals surface area contributed by atoms with Gasteiger partial charge in [-0.05, 0) is 6.42 Å². The fraction of sp³-hybridized carbons (Fsp3) is 0.364. The van der Waals surface area contributed by atoms with Crippen LogP contribution in [0.15, 0.2) is 18.7 Å². The summed E-state index contributed by atoms with van der Waals surface area (Å²) in [6.45, 7) is 2.11. The number of aryl methyl sites for hydroxylation is 1. The maximum atomic E-state index is 6.09. The van der Waals surface area contributed by atoms with E-state index in [1.54, 1.807) is 10.9 Å². The second kappa shape index (κ2) is 4.61. The Morgan fingerprint density at radius 3 is 2.81 bits per heavy atom. The van der Waals surface area contributed by atoms with Gasteiger partial charge in [-0.3, -0.25) is 4.68 Å². The van der Waals surface area contributed by atoms with E-state index >= 15 is 0 Å². The Labute approximate surface area is 99.3 Å². The van der Waals surface area contributed by atoms with Gasteiger partial charge in [-0.2, -0.15) is 5.10 Å². The summed E-state index contributed by atoms with van der Waals surface area (Å²) < 4.78 is 1.75. The molecule has 84 valence electrons. The monoisotopic (exact) mass is 236 g/mol. The molecule has 2 heterocycles. The lowest BCUT2D eigenvalue weighted by molar-refractivity contribution is 0.768. The Morgan fingerprint density at radius 2 is 2.19 bits per heavy atom. The summed E-state index contributed by atoms with van der Waals surface area (Å²) in [4.78, 5) is 8.31. The van der Waals surface area contributed by atoms with Gasteiger partial charge in [-0.15, -0.1) is 0 Å². The summed E-state index contributed by atoms with van der Waals surface area (Å²) in [7, 11) is 1.88. The van der Waals surface area contributed by atoms with Crippen LogP contribution < -0.4 is 0 Å². The molecule has 0 saturated heterocycles. The van der Waals surface area contributed by atoms with Crippen LogP contribution in [0.5, 0.6) is 0 Å². The Kier molecular flexibility index (Phi) is 3.19. The molecule has 16 heavy (non-hydrogen) atoms. The van der Waals surface area contributed by atoms with Crippen molar-refractivity contribution in [1.82, 2.24) is 19.7 Å². The number of nitrogens with zero attached hydrogens (tertiary/aromatic N) is 4. The van der Waals surface area contributed by atoms with Gasteiger partial charge < -0.3 is 0 Å². The SMILES string of the molecule is CCCc1c(Cl)ncnc1-c1cnn(C)c1. The molecule has 0 fully saturated rings. The van der Waals surface area contributed by atoms with Gasteiger partial charge in [0, 0.05) is 24.4 Å². The van der Waals surface area contributed by atoms with Crippen LogP contribution in [0.25, 0.3) is 11.3 Å². The van der Waals surface area contributed by atoms with Gasteiger partial charge in [0.15, 0.2) is 0 Å². The van der Waals surface area contributed by atoms with E-state index in [1.165, 1.54) is 6.33 Å². The maximum absolute atomic E-state index is 6.09. The van der Waals surface area contributed by atoms with Crippen molar-refractivity contribution in [3.05, 3.63) is 29.4 Å². The Balaban J connectivity index is 2.51. The lowest BCUT2D eigenvalue weighted by Crippen LogP contribution is -1.96. The molecule has 0 atom stereocenters. The number of halogens is 1. The molecule has 0 unspecified atom stereocenters. The third-order valence-electron chi connectivity index (χ3n) is 2.37. The standard InChI is InChI=1S/C11H13ClN4/c1-3-4-9-10(13-7-14-11(9)12)8-5-15-16(2)6-8/h5-7H,3-4H2,1-2H3. The molecule has 0 aromatic carbocycles. The van der Waals surface area contributed by atoms with E-state index in [1.807, 2.05) is 13.2 Å². The fourth-order valence-electron chi connectivity index (χ4n) is 1.65. The normalized spacial score (nSPS) is 10.7. The zero-order valence-electron chi connectivity index (χ0n) is 9.31. The zero-order chi connectivity index (χ0) is 11.5. The Bertz CT molecular complexity index is 492. The highest BCUT2D eigenvalue weighted by atomic mass is 35.5. The summed E-state index contributed by atoms with van der Waals surface area (Å²) >= 11 is 6.09. The first-order valence-electron chi connectivity index (χ1n) is 5.20. The van der Waals surface area contributed by atoms with E-state index < -0.39 is 0 Å². The highest BCUT2D eigenvalue weighted by molar-refractivity contribution is 6.30. The number of aromatic nitrogens is 4. The predicted octanol–water partition coefficient (Wildman–Crippen LogP) is 2.48. The second-order valence-corrected chi connectivity index (χ2v) is 4.00. The molecule has 0 saturated carbocycles. The smallest absolute Gasteiger partial charge is 0.136 e. The lowest BCUT2D eigenvalue weighted by atomic mass is 10.1. The third-order valence-corrected chi connectivity index (χ3v) is 2.70. The van der Waals surface area contributed by atoms with Crippen molar-refractivity contribution in [1.29, 1.82) is 0 Å². The molecule has 2 rings (SSSR count). The second-order valence-electron chi connectivity index (χ2n) is 3.64. The van der Waals surface area contributed by atoms with Crippen LogP contribution in [0.1, 0.15) is 18.9 Å². The van der Waals surface area contributed by atoms with E-state index in [-0.39, 0.29) is 0 Å². The molecule has 0 amide bonds. The Hall–Kier alpha value is -1.42. The first-order chi connectivity index (χ1) is 7.72. The topological polar surface area (TPSA) is 43.6 Å². The minimum atomic E-state index is 0.538.